The van der Waals surface area contributed by atoms with Gasteiger partial charge in [0.2, 0.25) is 10.0 Å². The van der Waals surface area contributed by atoms with E-state index in [-0.39, 0.29) is 17.0 Å². The lowest BCUT2D eigenvalue weighted by atomic mass is 10.1. The maximum absolute atomic E-state index is 12.7. The topological polar surface area (TPSA) is 46.2 Å². The average molecular weight is 293 g/mol. The zero-order chi connectivity index (χ0) is 14.8. The van der Waals surface area contributed by atoms with Crippen molar-refractivity contribution in [1.82, 2.24) is 4.72 Å². The second-order valence-electron chi connectivity index (χ2n) is 4.21. The Hall–Kier alpha value is -1.34. The molecule has 3 nitrogen and oxygen atoms in total. The molecule has 1 rings (SSSR count). The molecular weight excluding hydrogens is 279 g/mol. The van der Waals surface area contributed by atoms with Crippen molar-refractivity contribution < 1.29 is 21.6 Å². The maximum atomic E-state index is 12.7. The van der Waals surface area contributed by atoms with E-state index in [1.54, 1.807) is 6.92 Å². The molecule has 0 bridgehead atoms. The van der Waals surface area contributed by atoms with Gasteiger partial charge in [0.15, 0.2) is 0 Å². The van der Waals surface area contributed by atoms with E-state index < -0.39 is 21.8 Å². The molecule has 0 atom stereocenters. The summed E-state index contributed by atoms with van der Waals surface area (Å²) in [4.78, 5) is -0.372. The third kappa shape index (κ3) is 3.81. The third-order valence-corrected chi connectivity index (χ3v) is 3.99. The minimum Gasteiger partial charge on any atom is -0.207 e. The summed E-state index contributed by atoms with van der Waals surface area (Å²) in [5.41, 5.74) is -0.705. The van der Waals surface area contributed by atoms with Crippen LogP contribution >= 0.6 is 0 Å². The predicted molar refractivity (Wildman–Crippen MR) is 66.2 cm³/mol. The van der Waals surface area contributed by atoms with Gasteiger partial charge in [-0.25, -0.2) is 13.1 Å². The summed E-state index contributed by atoms with van der Waals surface area (Å²) in [6, 6.07) is 3.07. The second kappa shape index (κ2) is 5.34. The minimum absolute atomic E-state index is 0.0159. The number of nitrogens with one attached hydrogen (secondary N) is 1. The first-order valence-electron chi connectivity index (χ1n) is 5.36. The Bertz CT molecular complexity index is 591. The van der Waals surface area contributed by atoms with Crippen LogP contribution in [-0.2, 0) is 16.2 Å². The summed E-state index contributed by atoms with van der Waals surface area (Å²) < 4.78 is 64.1. The highest BCUT2D eigenvalue weighted by molar-refractivity contribution is 7.89. The van der Waals surface area contributed by atoms with Crippen molar-refractivity contribution >= 4 is 10.0 Å². The van der Waals surface area contributed by atoms with Crippen LogP contribution in [0.1, 0.15) is 18.1 Å². The van der Waals surface area contributed by atoms with Crippen LogP contribution in [0, 0.1) is 6.92 Å². The van der Waals surface area contributed by atoms with Crippen LogP contribution in [0.25, 0.3) is 0 Å². The van der Waals surface area contributed by atoms with Crippen molar-refractivity contribution in [3.05, 3.63) is 41.5 Å². The molecule has 1 N–H and O–H groups in total. The van der Waals surface area contributed by atoms with Crippen molar-refractivity contribution in [3.8, 4) is 0 Å². The SMILES string of the molecule is C=C(C)CNS(=O)(=O)c1cccc(C(F)(F)F)c1C. The van der Waals surface area contributed by atoms with Gasteiger partial charge in [0.05, 0.1) is 10.5 Å². The van der Waals surface area contributed by atoms with Gasteiger partial charge >= 0.3 is 6.18 Å². The number of hydrogen-bond acceptors (Lipinski definition) is 2. The number of sulfonamides is 1. The van der Waals surface area contributed by atoms with Gasteiger partial charge in [-0.2, -0.15) is 13.2 Å². The second-order valence-corrected chi connectivity index (χ2v) is 5.94. The van der Waals surface area contributed by atoms with E-state index in [4.69, 9.17) is 0 Å². The van der Waals surface area contributed by atoms with E-state index in [2.05, 4.69) is 11.3 Å². The molecule has 0 amide bonds. The number of benzene rings is 1. The van der Waals surface area contributed by atoms with Crippen molar-refractivity contribution in [2.75, 3.05) is 6.54 Å². The zero-order valence-corrected chi connectivity index (χ0v) is 11.3. The molecule has 0 saturated heterocycles. The van der Waals surface area contributed by atoms with E-state index in [1.165, 1.54) is 0 Å². The van der Waals surface area contributed by atoms with Crippen molar-refractivity contribution in [3.63, 3.8) is 0 Å². The van der Waals surface area contributed by atoms with Crippen molar-refractivity contribution in [1.29, 1.82) is 0 Å². The molecule has 0 aliphatic heterocycles. The van der Waals surface area contributed by atoms with Crippen LogP contribution in [-0.4, -0.2) is 15.0 Å². The van der Waals surface area contributed by atoms with E-state index in [9.17, 15) is 21.6 Å². The molecular formula is C12H14F3NO2S. The number of halogens is 3. The summed E-state index contributed by atoms with van der Waals surface area (Å²) in [5, 5.41) is 0. The highest BCUT2D eigenvalue weighted by Crippen LogP contribution is 2.34. The Kier molecular flexibility index (Phi) is 4.42. The van der Waals surface area contributed by atoms with E-state index in [1.807, 2.05) is 0 Å². The smallest absolute Gasteiger partial charge is 0.207 e. The fourth-order valence-corrected chi connectivity index (χ4v) is 2.87. The van der Waals surface area contributed by atoms with Gasteiger partial charge in [-0.3, -0.25) is 0 Å². The van der Waals surface area contributed by atoms with Gasteiger partial charge < -0.3 is 0 Å². The van der Waals surface area contributed by atoms with Crippen LogP contribution in [0.5, 0.6) is 0 Å². The van der Waals surface area contributed by atoms with Gasteiger partial charge in [-0.15, -0.1) is 0 Å². The summed E-state index contributed by atoms with van der Waals surface area (Å²) in [6.45, 7) is 6.26. The zero-order valence-electron chi connectivity index (χ0n) is 10.5. The molecule has 0 fully saturated rings. The molecule has 0 unspecified atom stereocenters. The predicted octanol–water partition coefficient (Wildman–Crippen LogP) is 2.87. The van der Waals surface area contributed by atoms with Gasteiger partial charge in [0.1, 0.15) is 0 Å². The van der Waals surface area contributed by atoms with Crippen molar-refractivity contribution in [2.24, 2.45) is 0 Å². The average Bonchev–Trinajstić information content (AvgIpc) is 2.25. The molecule has 0 aliphatic carbocycles. The number of alkyl halides is 3. The fourth-order valence-electron chi connectivity index (χ4n) is 1.51. The lowest BCUT2D eigenvalue weighted by Crippen LogP contribution is -2.26. The Morgan fingerprint density at radius 1 is 1.37 bits per heavy atom. The lowest BCUT2D eigenvalue weighted by Gasteiger charge is -2.14. The molecule has 19 heavy (non-hydrogen) atoms. The van der Waals surface area contributed by atoms with Gasteiger partial charge in [0.25, 0.3) is 0 Å². The molecule has 1 aromatic rings. The highest BCUT2D eigenvalue weighted by Gasteiger charge is 2.34. The third-order valence-electron chi connectivity index (χ3n) is 2.44. The normalized spacial score (nSPS) is 12.5. The quantitative estimate of drug-likeness (QED) is 0.868. The standard InChI is InChI=1S/C12H14F3NO2S/c1-8(2)7-16-19(17,18)11-6-4-5-10(9(11)3)12(13,14)15/h4-6,16H,1,7H2,2-3H3. The Morgan fingerprint density at radius 3 is 2.42 bits per heavy atom. The van der Waals surface area contributed by atoms with Gasteiger partial charge in [0, 0.05) is 6.54 Å². The Morgan fingerprint density at radius 2 is 1.95 bits per heavy atom. The molecule has 0 aliphatic rings. The minimum atomic E-state index is -4.58. The summed E-state index contributed by atoms with van der Waals surface area (Å²) >= 11 is 0. The molecule has 0 aromatic heterocycles. The van der Waals surface area contributed by atoms with E-state index in [0.29, 0.717) is 5.57 Å². The van der Waals surface area contributed by atoms with E-state index in [0.717, 1.165) is 25.1 Å². The highest BCUT2D eigenvalue weighted by atomic mass is 32.2. The Labute approximate surface area is 110 Å². The summed E-state index contributed by atoms with van der Waals surface area (Å²) in [6.07, 6.45) is -4.58. The largest absolute Gasteiger partial charge is 0.416 e. The maximum Gasteiger partial charge on any atom is 0.416 e. The fraction of sp³-hybridized carbons (Fsp3) is 0.333. The van der Waals surface area contributed by atoms with Crippen LogP contribution < -0.4 is 4.72 Å². The Balaban J connectivity index is 3.26. The molecule has 1 aromatic carbocycles. The molecule has 0 spiro atoms. The van der Waals surface area contributed by atoms with Crippen LogP contribution in [0.2, 0.25) is 0 Å². The first kappa shape index (κ1) is 15.7. The molecule has 106 valence electrons. The molecule has 0 saturated carbocycles. The number of hydrogen-bond donors (Lipinski definition) is 1. The number of rotatable bonds is 4. The lowest BCUT2D eigenvalue weighted by molar-refractivity contribution is -0.138. The van der Waals surface area contributed by atoms with Crippen molar-refractivity contribution in [2.45, 2.75) is 24.9 Å². The summed E-state index contributed by atoms with van der Waals surface area (Å²) in [7, 11) is -3.98. The first-order chi connectivity index (χ1) is 8.55. The molecule has 0 heterocycles. The van der Waals surface area contributed by atoms with Crippen LogP contribution in [0.3, 0.4) is 0 Å². The van der Waals surface area contributed by atoms with Gasteiger partial charge in [-0.1, -0.05) is 18.2 Å². The monoisotopic (exact) mass is 293 g/mol. The van der Waals surface area contributed by atoms with Crippen LogP contribution in [0.4, 0.5) is 13.2 Å². The first-order valence-corrected chi connectivity index (χ1v) is 6.85. The summed E-state index contributed by atoms with van der Waals surface area (Å²) in [5.74, 6) is 0. The molecule has 7 heteroatoms. The van der Waals surface area contributed by atoms with Gasteiger partial charge in [-0.05, 0) is 31.5 Å². The van der Waals surface area contributed by atoms with Crippen LogP contribution in [0.15, 0.2) is 35.2 Å². The molecule has 0 radical (unpaired) electrons. The van der Waals surface area contributed by atoms with E-state index >= 15 is 0 Å².